The first-order valence-electron chi connectivity index (χ1n) is 7.14. The molecule has 0 aliphatic carbocycles. The number of carbonyl (C=O) groups is 2. The monoisotopic (exact) mass is 303 g/mol. The molecule has 22 heavy (non-hydrogen) atoms. The Kier molecular flexibility index (Phi) is 3.16. The average molecular weight is 303 g/mol. The normalized spacial score (nSPS) is 23.1. The van der Waals surface area contributed by atoms with Gasteiger partial charge >= 0.3 is 5.97 Å². The van der Waals surface area contributed by atoms with E-state index in [4.69, 9.17) is 4.74 Å². The summed E-state index contributed by atoms with van der Waals surface area (Å²) >= 11 is 0. The maximum Gasteiger partial charge on any atom is 0.338 e. The molecule has 2 N–H and O–H groups in total. The van der Waals surface area contributed by atoms with E-state index in [9.17, 15) is 14.7 Å². The molecule has 2 aliphatic heterocycles. The minimum Gasteiger partial charge on any atom is -0.478 e. The maximum atomic E-state index is 12.2. The van der Waals surface area contributed by atoms with E-state index in [0.29, 0.717) is 18.9 Å². The van der Waals surface area contributed by atoms with Gasteiger partial charge in [0.15, 0.2) is 5.84 Å². The molecule has 7 nitrogen and oxygen atoms in total. The van der Waals surface area contributed by atoms with Crippen molar-refractivity contribution in [2.75, 3.05) is 6.61 Å². The fourth-order valence-electron chi connectivity index (χ4n) is 2.49. The topological polar surface area (TPSA) is 101 Å². The molecule has 1 aromatic heterocycles. The molecule has 3 heterocycles. The van der Waals surface area contributed by atoms with Crippen LogP contribution in [0.25, 0.3) is 0 Å². The van der Waals surface area contributed by atoms with E-state index in [1.165, 1.54) is 0 Å². The van der Waals surface area contributed by atoms with Crippen molar-refractivity contribution in [2.45, 2.75) is 32.7 Å². The zero-order valence-electron chi connectivity index (χ0n) is 12.6. The lowest BCUT2D eigenvalue weighted by Crippen LogP contribution is -2.41. The number of carbonyl (C=O) groups excluding carboxylic acids is 1. The maximum absolute atomic E-state index is 12.2. The quantitative estimate of drug-likeness (QED) is 0.867. The molecule has 3 rings (SSSR count). The van der Waals surface area contributed by atoms with Gasteiger partial charge in [-0.05, 0) is 18.9 Å². The number of ether oxygens (including phenoxy) is 1. The summed E-state index contributed by atoms with van der Waals surface area (Å²) in [5.41, 5.74) is 0.00649. The molecule has 1 amide bonds. The second-order valence-electron chi connectivity index (χ2n) is 5.97. The molecule has 0 saturated heterocycles. The molecule has 116 valence electrons. The Morgan fingerprint density at radius 2 is 2.23 bits per heavy atom. The van der Waals surface area contributed by atoms with Crippen LogP contribution in [0.15, 0.2) is 11.1 Å². The van der Waals surface area contributed by atoms with Crippen molar-refractivity contribution >= 4 is 17.7 Å². The van der Waals surface area contributed by atoms with Crippen molar-refractivity contribution in [1.82, 2.24) is 10.3 Å². The highest BCUT2D eigenvalue weighted by atomic mass is 16.5. The van der Waals surface area contributed by atoms with Crippen LogP contribution in [0.1, 0.15) is 42.4 Å². The molecule has 0 saturated carbocycles. The second-order valence-corrected chi connectivity index (χ2v) is 5.97. The Bertz CT molecular complexity index is 711. The number of amides is 1. The van der Waals surface area contributed by atoms with E-state index >= 15 is 0 Å². The highest BCUT2D eigenvalue weighted by molar-refractivity contribution is 6.17. The Labute approximate surface area is 127 Å². The number of amidine groups is 1. The SMILES string of the molecule is CC(C)C1(C)N=C(c2nc3c(cc2C(=O)O)CCO3)NC1=O. The fourth-order valence-corrected chi connectivity index (χ4v) is 2.49. The third kappa shape index (κ3) is 2.04. The molecule has 0 bridgehead atoms. The van der Waals surface area contributed by atoms with E-state index in [1.54, 1.807) is 13.0 Å². The zero-order valence-corrected chi connectivity index (χ0v) is 12.6. The Hall–Kier alpha value is -2.44. The van der Waals surface area contributed by atoms with Gasteiger partial charge in [-0.1, -0.05) is 13.8 Å². The van der Waals surface area contributed by atoms with Crippen LogP contribution in [-0.2, 0) is 11.2 Å². The molecule has 1 atom stereocenters. The molecule has 1 unspecified atom stereocenters. The third-order valence-corrected chi connectivity index (χ3v) is 4.29. The Morgan fingerprint density at radius 3 is 2.82 bits per heavy atom. The van der Waals surface area contributed by atoms with Crippen molar-refractivity contribution in [3.8, 4) is 5.88 Å². The number of carboxylic acids is 1. The van der Waals surface area contributed by atoms with Crippen LogP contribution in [0, 0.1) is 5.92 Å². The fraction of sp³-hybridized carbons (Fsp3) is 0.467. The first-order chi connectivity index (χ1) is 10.3. The van der Waals surface area contributed by atoms with Gasteiger partial charge in [0, 0.05) is 12.0 Å². The lowest BCUT2D eigenvalue weighted by atomic mass is 9.89. The van der Waals surface area contributed by atoms with Gasteiger partial charge in [0.1, 0.15) is 11.2 Å². The van der Waals surface area contributed by atoms with Crippen LogP contribution in [0.2, 0.25) is 0 Å². The van der Waals surface area contributed by atoms with Gasteiger partial charge < -0.3 is 15.2 Å². The number of hydrogen-bond donors (Lipinski definition) is 2. The number of aromatic nitrogens is 1. The van der Waals surface area contributed by atoms with Gasteiger partial charge in [-0.15, -0.1) is 0 Å². The number of pyridine rings is 1. The van der Waals surface area contributed by atoms with Gasteiger partial charge in [-0.2, -0.15) is 0 Å². The van der Waals surface area contributed by atoms with Crippen LogP contribution in [0.3, 0.4) is 0 Å². The van der Waals surface area contributed by atoms with Crippen molar-refractivity contribution in [2.24, 2.45) is 10.9 Å². The Balaban J connectivity index is 2.13. The summed E-state index contributed by atoms with van der Waals surface area (Å²) in [5, 5.41) is 12.1. The molecule has 0 fully saturated rings. The highest BCUT2D eigenvalue weighted by Gasteiger charge is 2.43. The third-order valence-electron chi connectivity index (χ3n) is 4.29. The van der Waals surface area contributed by atoms with Crippen molar-refractivity contribution < 1.29 is 19.4 Å². The van der Waals surface area contributed by atoms with Gasteiger partial charge in [0.05, 0.1) is 12.2 Å². The van der Waals surface area contributed by atoms with Gasteiger partial charge in [0.2, 0.25) is 5.88 Å². The van der Waals surface area contributed by atoms with Crippen LogP contribution in [0.4, 0.5) is 0 Å². The van der Waals surface area contributed by atoms with Gasteiger partial charge in [-0.25, -0.2) is 14.8 Å². The highest BCUT2D eigenvalue weighted by Crippen LogP contribution is 2.30. The zero-order chi connectivity index (χ0) is 16.1. The first-order valence-corrected chi connectivity index (χ1v) is 7.14. The molecular formula is C15H17N3O4. The first kappa shape index (κ1) is 14.5. The smallest absolute Gasteiger partial charge is 0.338 e. The van der Waals surface area contributed by atoms with Gasteiger partial charge in [-0.3, -0.25) is 4.79 Å². The molecule has 1 aromatic rings. The minimum atomic E-state index is -1.10. The Morgan fingerprint density at radius 1 is 1.50 bits per heavy atom. The lowest BCUT2D eigenvalue weighted by Gasteiger charge is -2.21. The molecule has 2 aliphatic rings. The average Bonchev–Trinajstić information content (AvgIpc) is 3.02. The van der Waals surface area contributed by atoms with Crippen molar-refractivity contribution in [3.05, 3.63) is 22.9 Å². The summed E-state index contributed by atoms with van der Waals surface area (Å²) in [6.45, 7) is 5.99. The van der Waals surface area contributed by atoms with Crippen LogP contribution >= 0.6 is 0 Å². The van der Waals surface area contributed by atoms with Gasteiger partial charge in [0.25, 0.3) is 5.91 Å². The van der Waals surface area contributed by atoms with E-state index < -0.39 is 11.5 Å². The number of hydrogen-bond acceptors (Lipinski definition) is 5. The standard InChI is InChI=1S/C15H17N3O4/c1-7(2)15(3)14(21)17-11(18-15)10-9(13(19)20)6-8-4-5-22-12(8)16-10/h6-7H,4-5H2,1-3H3,(H,19,20)(H,17,18,21). The summed E-state index contributed by atoms with van der Waals surface area (Å²) in [5.74, 6) is -0.777. The number of rotatable bonds is 3. The van der Waals surface area contributed by atoms with E-state index in [2.05, 4.69) is 15.3 Å². The van der Waals surface area contributed by atoms with E-state index in [0.717, 1.165) is 5.56 Å². The van der Waals surface area contributed by atoms with Crippen LogP contribution < -0.4 is 10.1 Å². The largest absolute Gasteiger partial charge is 0.478 e. The summed E-state index contributed by atoms with van der Waals surface area (Å²) in [6, 6.07) is 1.55. The summed E-state index contributed by atoms with van der Waals surface area (Å²) in [7, 11) is 0. The summed E-state index contributed by atoms with van der Waals surface area (Å²) in [4.78, 5) is 32.4. The van der Waals surface area contributed by atoms with Crippen molar-refractivity contribution in [1.29, 1.82) is 0 Å². The number of nitrogens with zero attached hydrogens (tertiary/aromatic N) is 2. The number of aliphatic imine (C=N–C) groups is 1. The summed E-state index contributed by atoms with van der Waals surface area (Å²) < 4.78 is 5.39. The molecular weight excluding hydrogens is 286 g/mol. The molecule has 0 spiro atoms. The minimum absolute atomic E-state index is 0.0241. The predicted octanol–water partition coefficient (Wildman–Crippen LogP) is 1.01. The predicted molar refractivity (Wildman–Crippen MR) is 78.3 cm³/mol. The van der Waals surface area contributed by atoms with Crippen molar-refractivity contribution in [3.63, 3.8) is 0 Å². The van der Waals surface area contributed by atoms with Crippen LogP contribution in [0.5, 0.6) is 5.88 Å². The number of carboxylic acid groups (broad SMARTS) is 1. The number of fused-ring (bicyclic) bond motifs is 1. The van der Waals surface area contributed by atoms with E-state index in [1.807, 2.05) is 13.8 Å². The number of aromatic carboxylic acids is 1. The summed E-state index contributed by atoms with van der Waals surface area (Å²) in [6.07, 6.45) is 0.630. The van der Waals surface area contributed by atoms with Crippen LogP contribution in [-0.4, -0.2) is 39.9 Å². The molecule has 0 aromatic carbocycles. The lowest BCUT2D eigenvalue weighted by molar-refractivity contribution is -0.124. The molecule has 7 heteroatoms. The second kappa shape index (κ2) is 4.79. The van der Waals surface area contributed by atoms with E-state index in [-0.39, 0.29) is 28.9 Å². The molecule has 0 radical (unpaired) electrons. The number of nitrogens with one attached hydrogen (secondary N) is 1.